The molecule has 2 aromatic carbocycles. The van der Waals surface area contributed by atoms with Crippen molar-refractivity contribution in [3.05, 3.63) is 53.6 Å². The van der Waals surface area contributed by atoms with Crippen LogP contribution >= 0.6 is 0 Å². The largest absolute Gasteiger partial charge is 0.482 e. The van der Waals surface area contributed by atoms with Crippen LogP contribution in [0.2, 0.25) is 0 Å². The molecule has 164 valence electrons. The minimum absolute atomic E-state index is 0.156. The molecule has 1 unspecified atom stereocenters. The molecular weight excluding hydrogens is 396 g/mol. The lowest BCUT2D eigenvalue weighted by Crippen LogP contribution is -2.41. The van der Waals surface area contributed by atoms with Crippen molar-refractivity contribution in [3.63, 3.8) is 0 Å². The number of anilines is 2. The molecule has 2 aromatic rings. The average Bonchev–Trinajstić information content (AvgIpc) is 2.84. The van der Waals surface area contributed by atoms with Gasteiger partial charge >= 0.3 is 5.97 Å². The molecule has 0 saturated heterocycles. The first-order valence-electron chi connectivity index (χ1n) is 10.4. The molecule has 7 nitrogen and oxygen atoms in total. The molecule has 1 aliphatic rings. The number of hydrogen-bond donors (Lipinski definition) is 1. The molecule has 0 saturated carbocycles. The third-order valence-electron chi connectivity index (χ3n) is 5.12. The van der Waals surface area contributed by atoms with Crippen LogP contribution in [0.3, 0.4) is 0 Å². The van der Waals surface area contributed by atoms with E-state index in [2.05, 4.69) is 5.32 Å². The van der Waals surface area contributed by atoms with E-state index in [0.29, 0.717) is 17.1 Å². The van der Waals surface area contributed by atoms with E-state index in [1.807, 2.05) is 39.0 Å². The number of esters is 1. The third-order valence-corrected chi connectivity index (χ3v) is 5.12. The molecule has 1 N–H and O–H groups in total. The summed E-state index contributed by atoms with van der Waals surface area (Å²) in [6.45, 7) is 7.12. The molecule has 7 heteroatoms. The molecular formula is C24H28N2O5. The summed E-state index contributed by atoms with van der Waals surface area (Å²) in [5.74, 6) is -0.315. The number of ether oxygens (including phenoxy) is 2. The maximum Gasteiger partial charge on any atom is 0.344 e. The minimum Gasteiger partial charge on any atom is -0.482 e. The van der Waals surface area contributed by atoms with Gasteiger partial charge in [0.2, 0.25) is 5.91 Å². The zero-order valence-electron chi connectivity index (χ0n) is 18.3. The Kier molecular flexibility index (Phi) is 6.95. The molecule has 0 radical (unpaired) electrons. The predicted octanol–water partition coefficient (Wildman–Crippen LogP) is 3.80. The van der Waals surface area contributed by atoms with Crippen molar-refractivity contribution in [2.45, 2.75) is 46.1 Å². The number of amides is 2. The molecule has 1 atom stereocenters. The number of para-hydroxylation sites is 2. The van der Waals surface area contributed by atoms with Crippen LogP contribution in [0.4, 0.5) is 11.4 Å². The van der Waals surface area contributed by atoms with Gasteiger partial charge in [-0.3, -0.25) is 9.59 Å². The van der Waals surface area contributed by atoms with E-state index in [4.69, 9.17) is 9.47 Å². The van der Waals surface area contributed by atoms with Crippen LogP contribution in [-0.2, 0) is 19.1 Å². The van der Waals surface area contributed by atoms with Crippen molar-refractivity contribution in [2.75, 3.05) is 23.4 Å². The Bertz CT molecular complexity index is 986. The molecule has 1 aliphatic heterocycles. The summed E-state index contributed by atoms with van der Waals surface area (Å²) in [6.07, 6.45) is 0.156. The lowest BCUT2D eigenvalue weighted by Gasteiger charge is -2.27. The van der Waals surface area contributed by atoms with E-state index < -0.39 is 18.5 Å². The number of rotatable bonds is 6. The number of carbonyl (C=O) groups excluding carboxylic acids is 3. The number of carbonyl (C=O) groups is 3. The van der Waals surface area contributed by atoms with Crippen LogP contribution in [0, 0.1) is 6.92 Å². The molecule has 0 bridgehead atoms. The number of fused-ring (bicyclic) bond motifs is 1. The number of nitrogens with zero attached hydrogens (tertiary/aromatic N) is 1. The summed E-state index contributed by atoms with van der Waals surface area (Å²) in [7, 11) is 0. The van der Waals surface area contributed by atoms with Crippen LogP contribution < -0.4 is 15.0 Å². The monoisotopic (exact) mass is 424 g/mol. The standard InChI is InChI=1S/C24H28N2O5/c1-15(2)18-10-9-16(3)11-21(18)30-14-24(29)31-13-23(28)26-17(4)12-22(27)25-19-7-5-6-8-20(19)26/h5-11,15,17H,12-14H2,1-4H3,(H,25,27). The number of benzene rings is 2. The van der Waals surface area contributed by atoms with Gasteiger partial charge in [-0.05, 0) is 49.1 Å². The van der Waals surface area contributed by atoms with E-state index in [0.717, 1.165) is 11.1 Å². The maximum absolute atomic E-state index is 12.9. The normalized spacial score (nSPS) is 15.7. The molecule has 31 heavy (non-hydrogen) atoms. The smallest absolute Gasteiger partial charge is 0.344 e. The summed E-state index contributed by atoms with van der Waals surface area (Å²) in [5.41, 5.74) is 3.17. The quantitative estimate of drug-likeness (QED) is 0.713. The molecule has 3 rings (SSSR count). The number of aryl methyl sites for hydroxylation is 1. The van der Waals surface area contributed by atoms with Gasteiger partial charge in [0.25, 0.3) is 5.91 Å². The van der Waals surface area contributed by atoms with E-state index in [1.165, 1.54) is 4.90 Å². The molecule has 1 heterocycles. The van der Waals surface area contributed by atoms with Crippen molar-refractivity contribution in [1.29, 1.82) is 0 Å². The first-order chi connectivity index (χ1) is 14.8. The molecule has 0 spiro atoms. The van der Waals surface area contributed by atoms with Gasteiger partial charge in [-0.15, -0.1) is 0 Å². The van der Waals surface area contributed by atoms with E-state index in [-0.39, 0.29) is 30.9 Å². The van der Waals surface area contributed by atoms with Crippen LogP contribution in [0.1, 0.15) is 44.2 Å². The fraction of sp³-hybridized carbons (Fsp3) is 0.375. The Labute approximate surface area is 182 Å². The van der Waals surface area contributed by atoms with E-state index in [9.17, 15) is 14.4 Å². The number of nitrogens with one attached hydrogen (secondary N) is 1. The van der Waals surface area contributed by atoms with Gasteiger partial charge in [0.1, 0.15) is 5.75 Å². The van der Waals surface area contributed by atoms with Gasteiger partial charge in [0, 0.05) is 12.5 Å². The highest BCUT2D eigenvalue weighted by molar-refractivity contribution is 6.05. The third kappa shape index (κ3) is 5.42. The molecule has 0 aromatic heterocycles. The van der Waals surface area contributed by atoms with Gasteiger partial charge < -0.3 is 19.7 Å². The van der Waals surface area contributed by atoms with Gasteiger partial charge in [-0.1, -0.05) is 38.1 Å². The summed E-state index contributed by atoms with van der Waals surface area (Å²) in [4.78, 5) is 38.7. The summed E-state index contributed by atoms with van der Waals surface area (Å²) in [6, 6.07) is 12.6. The summed E-state index contributed by atoms with van der Waals surface area (Å²) in [5, 5.41) is 2.80. The van der Waals surface area contributed by atoms with Crippen molar-refractivity contribution in [2.24, 2.45) is 0 Å². The number of hydrogen-bond acceptors (Lipinski definition) is 5. The van der Waals surface area contributed by atoms with Crippen molar-refractivity contribution < 1.29 is 23.9 Å². The lowest BCUT2D eigenvalue weighted by atomic mass is 10.0. The second-order valence-corrected chi connectivity index (χ2v) is 8.03. The first kappa shape index (κ1) is 22.3. The Morgan fingerprint density at radius 2 is 1.90 bits per heavy atom. The SMILES string of the molecule is Cc1ccc(C(C)C)c(OCC(=O)OCC(=O)N2c3ccccc3NC(=O)CC2C)c1. The minimum atomic E-state index is -0.630. The summed E-state index contributed by atoms with van der Waals surface area (Å²) >= 11 is 0. The highest BCUT2D eigenvalue weighted by Crippen LogP contribution is 2.31. The Morgan fingerprint density at radius 3 is 2.65 bits per heavy atom. The highest BCUT2D eigenvalue weighted by Gasteiger charge is 2.30. The second kappa shape index (κ2) is 9.64. The molecule has 0 fully saturated rings. The average molecular weight is 424 g/mol. The highest BCUT2D eigenvalue weighted by atomic mass is 16.6. The Hall–Kier alpha value is -3.35. The van der Waals surface area contributed by atoms with Crippen LogP contribution in [0.5, 0.6) is 5.75 Å². The van der Waals surface area contributed by atoms with Gasteiger partial charge in [-0.2, -0.15) is 0 Å². The first-order valence-corrected chi connectivity index (χ1v) is 10.4. The summed E-state index contributed by atoms with van der Waals surface area (Å²) < 4.78 is 10.9. The zero-order chi connectivity index (χ0) is 22.5. The van der Waals surface area contributed by atoms with Gasteiger partial charge in [0.05, 0.1) is 11.4 Å². The van der Waals surface area contributed by atoms with Gasteiger partial charge in [-0.25, -0.2) is 4.79 Å². The van der Waals surface area contributed by atoms with E-state index in [1.54, 1.807) is 31.2 Å². The predicted molar refractivity (Wildman–Crippen MR) is 118 cm³/mol. The maximum atomic E-state index is 12.9. The van der Waals surface area contributed by atoms with Crippen molar-refractivity contribution in [3.8, 4) is 5.75 Å². The van der Waals surface area contributed by atoms with Crippen LogP contribution in [0.15, 0.2) is 42.5 Å². The zero-order valence-corrected chi connectivity index (χ0v) is 18.3. The Balaban J connectivity index is 1.63. The van der Waals surface area contributed by atoms with Crippen molar-refractivity contribution >= 4 is 29.2 Å². The second-order valence-electron chi connectivity index (χ2n) is 8.03. The lowest BCUT2D eigenvalue weighted by molar-refractivity contribution is -0.150. The molecule has 2 amide bonds. The van der Waals surface area contributed by atoms with Gasteiger partial charge in [0.15, 0.2) is 13.2 Å². The topological polar surface area (TPSA) is 84.9 Å². The fourth-order valence-corrected chi connectivity index (χ4v) is 3.60. The molecule has 0 aliphatic carbocycles. The Morgan fingerprint density at radius 1 is 1.16 bits per heavy atom. The van der Waals surface area contributed by atoms with Crippen molar-refractivity contribution in [1.82, 2.24) is 0 Å². The van der Waals surface area contributed by atoms with Crippen LogP contribution in [0.25, 0.3) is 0 Å². The van der Waals surface area contributed by atoms with Crippen LogP contribution in [-0.4, -0.2) is 37.0 Å². The van der Waals surface area contributed by atoms with E-state index >= 15 is 0 Å². The fourth-order valence-electron chi connectivity index (χ4n) is 3.60.